The van der Waals surface area contributed by atoms with Crippen LogP contribution in [0.4, 0.5) is 4.79 Å². The quantitative estimate of drug-likeness (QED) is 0.778. The highest BCUT2D eigenvalue weighted by Gasteiger charge is 2.28. The molecule has 0 bridgehead atoms. The molecule has 0 fully saturated rings. The Kier molecular flexibility index (Phi) is 6.77. The van der Waals surface area contributed by atoms with E-state index in [1.807, 2.05) is 6.07 Å². The molecular formula is C16H23NO6S. The Morgan fingerprint density at radius 1 is 1.17 bits per heavy atom. The fraction of sp³-hybridized carbons (Fsp3) is 0.500. The van der Waals surface area contributed by atoms with Crippen LogP contribution in [0.1, 0.15) is 26.3 Å². The lowest BCUT2D eigenvalue weighted by Crippen LogP contribution is -2.47. The molecule has 1 aromatic carbocycles. The number of amides is 1. The molecule has 1 amide bonds. The zero-order valence-corrected chi connectivity index (χ0v) is 15.1. The minimum atomic E-state index is -3.51. The summed E-state index contributed by atoms with van der Waals surface area (Å²) in [5, 5.41) is 2.25. The minimum Gasteiger partial charge on any atom is -0.459 e. The zero-order valence-electron chi connectivity index (χ0n) is 14.2. The van der Waals surface area contributed by atoms with Crippen molar-refractivity contribution in [2.75, 3.05) is 12.0 Å². The monoisotopic (exact) mass is 357 g/mol. The van der Waals surface area contributed by atoms with Crippen LogP contribution in [0.25, 0.3) is 0 Å². The Labute approximate surface area is 142 Å². The topological polar surface area (TPSA) is 98.8 Å². The first-order valence-corrected chi connectivity index (χ1v) is 9.40. The van der Waals surface area contributed by atoms with E-state index in [9.17, 15) is 18.0 Å². The van der Waals surface area contributed by atoms with E-state index in [0.29, 0.717) is 0 Å². The smallest absolute Gasteiger partial charge is 0.408 e. The Hall–Kier alpha value is -2.09. The average molecular weight is 357 g/mol. The number of sulfone groups is 1. The van der Waals surface area contributed by atoms with Crippen LogP contribution in [0, 0.1) is 0 Å². The lowest BCUT2D eigenvalue weighted by Gasteiger charge is -2.22. The van der Waals surface area contributed by atoms with E-state index in [4.69, 9.17) is 9.47 Å². The lowest BCUT2D eigenvalue weighted by molar-refractivity contribution is -0.146. The molecule has 7 nitrogen and oxygen atoms in total. The molecule has 1 unspecified atom stereocenters. The maximum Gasteiger partial charge on any atom is 0.408 e. The number of nitrogens with one attached hydrogen (secondary N) is 1. The number of rotatable bonds is 6. The van der Waals surface area contributed by atoms with Gasteiger partial charge in [0.1, 0.15) is 28.1 Å². The minimum absolute atomic E-state index is 0.0179. The van der Waals surface area contributed by atoms with Crippen LogP contribution in [-0.2, 0) is 30.7 Å². The number of carbonyl (C=O) groups is 2. The Balaban J connectivity index is 2.73. The molecule has 134 valence electrons. The van der Waals surface area contributed by atoms with Gasteiger partial charge in [0.25, 0.3) is 0 Å². The van der Waals surface area contributed by atoms with Crippen molar-refractivity contribution in [2.24, 2.45) is 0 Å². The summed E-state index contributed by atoms with van der Waals surface area (Å²) in [6, 6.07) is 7.59. The zero-order chi connectivity index (χ0) is 18.4. The number of alkyl carbamates (subject to hydrolysis) is 1. The van der Waals surface area contributed by atoms with E-state index < -0.39 is 39.3 Å². The van der Waals surface area contributed by atoms with Gasteiger partial charge in [0.05, 0.1) is 5.75 Å². The Morgan fingerprint density at radius 3 is 2.25 bits per heavy atom. The van der Waals surface area contributed by atoms with Crippen LogP contribution >= 0.6 is 0 Å². The molecule has 0 aliphatic rings. The van der Waals surface area contributed by atoms with Crippen molar-refractivity contribution in [3.63, 3.8) is 0 Å². The predicted octanol–water partition coefficient (Wildman–Crippen LogP) is 1.67. The maximum absolute atomic E-state index is 12.1. The van der Waals surface area contributed by atoms with Crippen molar-refractivity contribution in [1.29, 1.82) is 0 Å². The second kappa shape index (κ2) is 8.14. The summed E-state index contributed by atoms with van der Waals surface area (Å²) in [6.45, 7) is 4.96. The molecule has 0 radical (unpaired) electrons. The van der Waals surface area contributed by atoms with Crippen LogP contribution in [0.2, 0.25) is 0 Å². The second-order valence-corrected chi connectivity index (χ2v) is 8.57. The van der Waals surface area contributed by atoms with Gasteiger partial charge in [0, 0.05) is 6.26 Å². The first-order chi connectivity index (χ1) is 11.0. The van der Waals surface area contributed by atoms with E-state index in [2.05, 4.69) is 5.32 Å². The first kappa shape index (κ1) is 20.0. The molecule has 1 N–H and O–H groups in total. The van der Waals surface area contributed by atoms with Crippen molar-refractivity contribution in [3.05, 3.63) is 35.9 Å². The third kappa shape index (κ3) is 8.52. The highest BCUT2D eigenvalue weighted by Crippen LogP contribution is 2.08. The summed E-state index contributed by atoms with van der Waals surface area (Å²) in [5.41, 5.74) is -0.0190. The highest BCUT2D eigenvalue weighted by atomic mass is 32.2. The number of benzene rings is 1. The van der Waals surface area contributed by atoms with E-state index in [-0.39, 0.29) is 6.61 Å². The molecule has 0 heterocycles. The van der Waals surface area contributed by atoms with Crippen molar-refractivity contribution >= 4 is 21.9 Å². The number of ether oxygens (including phenoxy) is 2. The van der Waals surface area contributed by atoms with Gasteiger partial charge in [-0.2, -0.15) is 0 Å². The molecule has 1 aromatic rings. The number of hydrogen-bond donors (Lipinski definition) is 1. The van der Waals surface area contributed by atoms with Crippen LogP contribution in [0.3, 0.4) is 0 Å². The second-order valence-electron chi connectivity index (χ2n) is 6.38. The molecule has 0 saturated heterocycles. The van der Waals surface area contributed by atoms with Crippen LogP contribution in [0.5, 0.6) is 0 Å². The van der Waals surface area contributed by atoms with Gasteiger partial charge in [-0.3, -0.25) is 0 Å². The van der Waals surface area contributed by atoms with Gasteiger partial charge in [-0.05, 0) is 26.3 Å². The van der Waals surface area contributed by atoms with Crippen molar-refractivity contribution in [1.82, 2.24) is 5.32 Å². The van der Waals surface area contributed by atoms with E-state index in [0.717, 1.165) is 11.8 Å². The predicted molar refractivity (Wildman–Crippen MR) is 89.1 cm³/mol. The number of carbonyl (C=O) groups excluding carboxylic acids is 2. The molecule has 0 aliphatic heterocycles. The summed E-state index contributed by atoms with van der Waals surface area (Å²) >= 11 is 0. The molecule has 1 atom stereocenters. The van der Waals surface area contributed by atoms with Crippen LogP contribution in [0.15, 0.2) is 30.3 Å². The molecule has 0 spiro atoms. The lowest BCUT2D eigenvalue weighted by atomic mass is 10.2. The molecule has 1 rings (SSSR count). The summed E-state index contributed by atoms with van der Waals surface area (Å²) in [4.78, 5) is 23.9. The summed E-state index contributed by atoms with van der Waals surface area (Å²) in [5.74, 6) is -1.41. The van der Waals surface area contributed by atoms with Gasteiger partial charge in [-0.25, -0.2) is 18.0 Å². The molecule has 8 heteroatoms. The van der Waals surface area contributed by atoms with Gasteiger partial charge in [-0.15, -0.1) is 0 Å². The van der Waals surface area contributed by atoms with Crippen molar-refractivity contribution in [3.8, 4) is 0 Å². The largest absolute Gasteiger partial charge is 0.459 e. The summed E-state index contributed by atoms with van der Waals surface area (Å²) in [6.07, 6.45) is 0.0918. The van der Waals surface area contributed by atoms with Gasteiger partial charge >= 0.3 is 12.1 Å². The third-order valence-corrected chi connectivity index (χ3v) is 3.61. The Bertz CT molecular complexity index is 664. The molecule has 24 heavy (non-hydrogen) atoms. The third-order valence-electron chi connectivity index (χ3n) is 2.67. The van der Waals surface area contributed by atoms with Gasteiger partial charge in [0.2, 0.25) is 0 Å². The standard InChI is InChI=1S/C16H23NO6S/c1-16(2,3)23-15(19)17-13(11-24(4,20)21)14(18)22-10-12-8-6-5-7-9-12/h5-9,13H,10-11H2,1-4H3,(H,17,19). The summed E-state index contributed by atoms with van der Waals surface area (Å²) in [7, 11) is -3.51. The number of hydrogen-bond acceptors (Lipinski definition) is 6. The van der Waals surface area contributed by atoms with Gasteiger partial charge in [-0.1, -0.05) is 30.3 Å². The fourth-order valence-electron chi connectivity index (χ4n) is 1.75. The van der Waals surface area contributed by atoms with E-state index >= 15 is 0 Å². The van der Waals surface area contributed by atoms with Crippen molar-refractivity contribution < 1.29 is 27.5 Å². The number of esters is 1. The fourth-order valence-corrected chi connectivity index (χ4v) is 2.58. The highest BCUT2D eigenvalue weighted by molar-refractivity contribution is 7.90. The van der Waals surface area contributed by atoms with Crippen molar-refractivity contribution in [2.45, 2.75) is 39.0 Å². The normalized spacial score (nSPS) is 13.0. The molecular weight excluding hydrogens is 334 g/mol. The summed E-state index contributed by atoms with van der Waals surface area (Å²) < 4.78 is 33.1. The van der Waals surface area contributed by atoms with Crippen LogP contribution < -0.4 is 5.32 Å². The van der Waals surface area contributed by atoms with Gasteiger partial charge < -0.3 is 14.8 Å². The van der Waals surface area contributed by atoms with Crippen LogP contribution in [-0.4, -0.2) is 44.1 Å². The SMILES string of the molecule is CC(C)(C)OC(=O)NC(CS(C)(=O)=O)C(=O)OCc1ccccc1. The average Bonchev–Trinajstić information content (AvgIpc) is 2.41. The Morgan fingerprint density at radius 2 is 1.75 bits per heavy atom. The first-order valence-electron chi connectivity index (χ1n) is 7.34. The molecule has 0 aliphatic carbocycles. The maximum atomic E-state index is 12.1. The molecule has 0 saturated carbocycles. The van der Waals surface area contributed by atoms with Gasteiger partial charge in [0.15, 0.2) is 0 Å². The van der Waals surface area contributed by atoms with E-state index in [1.165, 1.54) is 0 Å². The van der Waals surface area contributed by atoms with E-state index in [1.54, 1.807) is 45.0 Å². The molecule has 0 aromatic heterocycles.